The number of ether oxygens (including phenoxy) is 2. The number of nitrogens with one attached hydrogen (secondary N) is 2. The molecule has 1 fully saturated rings. The van der Waals surface area contributed by atoms with Gasteiger partial charge in [0.1, 0.15) is 0 Å². The standard InChI is InChI=1S/C22H27N3O5S/c1-16(2)17-3-6-19(7-4-17)31(27,28)25-11-9-24(10-12-25)14-22(26)23-18-5-8-20-21(13-18)30-15-29-20/h3-8,13,16H,9-12,14-15H2,1-2H3,(H,23,26)/p+1. The van der Waals surface area contributed by atoms with Gasteiger partial charge in [-0.25, -0.2) is 8.42 Å². The molecule has 9 heteroatoms. The van der Waals surface area contributed by atoms with Crippen molar-refractivity contribution in [3.8, 4) is 11.5 Å². The van der Waals surface area contributed by atoms with Gasteiger partial charge in [0, 0.05) is 11.8 Å². The Hall–Kier alpha value is -2.62. The molecule has 166 valence electrons. The number of benzene rings is 2. The maximum Gasteiger partial charge on any atom is 0.279 e. The highest BCUT2D eigenvalue weighted by Crippen LogP contribution is 2.34. The molecule has 2 aliphatic rings. The molecule has 8 nitrogen and oxygen atoms in total. The minimum absolute atomic E-state index is 0.116. The fraction of sp³-hybridized carbons (Fsp3) is 0.409. The van der Waals surface area contributed by atoms with Gasteiger partial charge in [-0.3, -0.25) is 4.79 Å². The molecule has 0 spiro atoms. The van der Waals surface area contributed by atoms with E-state index in [9.17, 15) is 13.2 Å². The van der Waals surface area contributed by atoms with Gasteiger partial charge in [0.25, 0.3) is 5.91 Å². The van der Waals surface area contributed by atoms with Crippen molar-refractivity contribution in [1.82, 2.24) is 4.31 Å². The Labute approximate surface area is 182 Å². The first-order valence-electron chi connectivity index (χ1n) is 10.5. The van der Waals surface area contributed by atoms with Gasteiger partial charge in [-0.2, -0.15) is 4.31 Å². The predicted molar refractivity (Wildman–Crippen MR) is 116 cm³/mol. The number of carbonyl (C=O) groups excluding carboxylic acids is 1. The summed E-state index contributed by atoms with van der Waals surface area (Å²) in [5, 5.41) is 2.87. The molecule has 0 saturated carbocycles. The third-order valence-electron chi connectivity index (χ3n) is 5.68. The normalized spacial score (nSPS) is 17.1. The molecule has 4 rings (SSSR count). The van der Waals surface area contributed by atoms with E-state index in [1.807, 2.05) is 12.1 Å². The summed E-state index contributed by atoms with van der Waals surface area (Å²) in [5.74, 6) is 1.52. The van der Waals surface area contributed by atoms with Crippen molar-refractivity contribution >= 4 is 21.6 Å². The van der Waals surface area contributed by atoms with E-state index in [-0.39, 0.29) is 19.2 Å². The molecule has 1 saturated heterocycles. The lowest BCUT2D eigenvalue weighted by atomic mass is 10.0. The van der Waals surface area contributed by atoms with Gasteiger partial charge in [0.2, 0.25) is 16.8 Å². The summed E-state index contributed by atoms with van der Waals surface area (Å²) in [6, 6.07) is 12.4. The largest absolute Gasteiger partial charge is 0.454 e. The van der Waals surface area contributed by atoms with Crippen molar-refractivity contribution in [3.63, 3.8) is 0 Å². The number of anilines is 1. The van der Waals surface area contributed by atoms with E-state index < -0.39 is 10.0 Å². The fourth-order valence-electron chi connectivity index (χ4n) is 3.80. The molecule has 0 atom stereocenters. The average Bonchev–Trinajstić information content (AvgIpc) is 3.22. The van der Waals surface area contributed by atoms with Crippen LogP contribution in [0.2, 0.25) is 0 Å². The van der Waals surface area contributed by atoms with Crippen LogP contribution in [0.1, 0.15) is 25.3 Å². The van der Waals surface area contributed by atoms with E-state index in [4.69, 9.17) is 9.47 Å². The van der Waals surface area contributed by atoms with Gasteiger partial charge in [-0.1, -0.05) is 26.0 Å². The third-order valence-corrected chi connectivity index (χ3v) is 7.59. The molecule has 2 heterocycles. The van der Waals surface area contributed by atoms with E-state index in [0.29, 0.717) is 54.2 Å². The van der Waals surface area contributed by atoms with Gasteiger partial charge < -0.3 is 19.7 Å². The van der Waals surface area contributed by atoms with Crippen LogP contribution in [-0.4, -0.2) is 58.1 Å². The molecule has 31 heavy (non-hydrogen) atoms. The molecule has 2 aliphatic heterocycles. The smallest absolute Gasteiger partial charge is 0.279 e. The van der Waals surface area contributed by atoms with E-state index in [2.05, 4.69) is 19.2 Å². The first kappa shape index (κ1) is 21.6. The van der Waals surface area contributed by atoms with Crippen LogP contribution >= 0.6 is 0 Å². The molecule has 2 aromatic carbocycles. The Bertz CT molecular complexity index is 1050. The highest BCUT2D eigenvalue weighted by atomic mass is 32.2. The molecular weight excluding hydrogens is 418 g/mol. The maximum absolute atomic E-state index is 12.9. The third kappa shape index (κ3) is 4.84. The lowest BCUT2D eigenvalue weighted by Crippen LogP contribution is -3.15. The molecule has 2 aromatic rings. The molecule has 1 amide bonds. The van der Waals surface area contributed by atoms with Crippen molar-refractivity contribution in [2.75, 3.05) is 44.8 Å². The van der Waals surface area contributed by atoms with E-state index in [1.165, 1.54) is 4.31 Å². The van der Waals surface area contributed by atoms with Crippen LogP contribution in [0.3, 0.4) is 0 Å². The number of quaternary nitrogens is 1. The molecular formula is C22H28N3O5S+. The number of rotatable bonds is 6. The zero-order valence-electron chi connectivity index (χ0n) is 17.8. The zero-order chi connectivity index (χ0) is 22.0. The van der Waals surface area contributed by atoms with Crippen LogP contribution in [0.5, 0.6) is 11.5 Å². The number of hydrogen-bond donors (Lipinski definition) is 2. The lowest BCUT2D eigenvalue weighted by molar-refractivity contribution is -0.895. The van der Waals surface area contributed by atoms with Crippen LogP contribution in [-0.2, 0) is 14.8 Å². The molecule has 0 bridgehead atoms. The minimum atomic E-state index is -3.52. The number of nitrogens with zero attached hydrogens (tertiary/aromatic N) is 1. The Kier molecular flexibility index (Phi) is 6.17. The number of hydrogen-bond acceptors (Lipinski definition) is 5. The summed E-state index contributed by atoms with van der Waals surface area (Å²) >= 11 is 0. The van der Waals surface area contributed by atoms with Gasteiger partial charge in [0.15, 0.2) is 18.0 Å². The first-order chi connectivity index (χ1) is 14.8. The van der Waals surface area contributed by atoms with Gasteiger partial charge in [0.05, 0.1) is 31.1 Å². The van der Waals surface area contributed by atoms with Crippen molar-refractivity contribution in [3.05, 3.63) is 48.0 Å². The zero-order valence-corrected chi connectivity index (χ0v) is 18.6. The summed E-state index contributed by atoms with van der Waals surface area (Å²) < 4.78 is 38.0. The van der Waals surface area contributed by atoms with Crippen molar-refractivity contribution in [2.45, 2.75) is 24.7 Å². The van der Waals surface area contributed by atoms with Crippen LogP contribution < -0.4 is 19.7 Å². The Morgan fingerprint density at radius 1 is 1.06 bits per heavy atom. The van der Waals surface area contributed by atoms with E-state index in [0.717, 1.165) is 10.5 Å². The molecule has 2 N–H and O–H groups in total. The van der Waals surface area contributed by atoms with Crippen LogP contribution in [0, 0.1) is 0 Å². The number of amides is 1. The molecule has 0 aromatic heterocycles. The van der Waals surface area contributed by atoms with E-state index in [1.54, 1.807) is 30.3 Å². The number of sulfonamides is 1. The van der Waals surface area contributed by atoms with Gasteiger partial charge in [-0.15, -0.1) is 0 Å². The molecule has 0 unspecified atom stereocenters. The Morgan fingerprint density at radius 2 is 1.74 bits per heavy atom. The van der Waals surface area contributed by atoms with Gasteiger partial charge >= 0.3 is 0 Å². The second-order valence-corrected chi connectivity index (χ2v) is 10.1. The van der Waals surface area contributed by atoms with Crippen LogP contribution in [0.25, 0.3) is 0 Å². The lowest BCUT2D eigenvalue weighted by Gasteiger charge is -2.31. The summed E-state index contributed by atoms with van der Waals surface area (Å²) in [5.41, 5.74) is 1.77. The van der Waals surface area contributed by atoms with Crippen molar-refractivity contribution < 1.29 is 27.6 Å². The number of piperazine rings is 1. The van der Waals surface area contributed by atoms with Crippen LogP contribution in [0.4, 0.5) is 5.69 Å². The Morgan fingerprint density at radius 3 is 2.42 bits per heavy atom. The van der Waals surface area contributed by atoms with E-state index >= 15 is 0 Å². The molecule has 0 radical (unpaired) electrons. The second kappa shape index (κ2) is 8.86. The highest BCUT2D eigenvalue weighted by Gasteiger charge is 2.31. The predicted octanol–water partition coefficient (Wildman–Crippen LogP) is 1.07. The van der Waals surface area contributed by atoms with Crippen molar-refractivity contribution in [2.24, 2.45) is 0 Å². The topological polar surface area (TPSA) is 89.4 Å². The second-order valence-electron chi connectivity index (χ2n) is 8.17. The fourth-order valence-corrected chi connectivity index (χ4v) is 5.24. The highest BCUT2D eigenvalue weighted by molar-refractivity contribution is 7.89. The SMILES string of the molecule is CC(C)c1ccc(S(=O)(=O)N2CC[NH+](CC(=O)Nc3ccc4c(c3)OCO4)CC2)cc1. The minimum Gasteiger partial charge on any atom is -0.454 e. The summed E-state index contributed by atoms with van der Waals surface area (Å²) in [6.07, 6.45) is 0. The summed E-state index contributed by atoms with van der Waals surface area (Å²) in [4.78, 5) is 13.8. The maximum atomic E-state index is 12.9. The monoisotopic (exact) mass is 446 g/mol. The number of fused-ring (bicyclic) bond motifs is 1. The summed E-state index contributed by atoms with van der Waals surface area (Å²) in [7, 11) is -3.52. The summed E-state index contributed by atoms with van der Waals surface area (Å²) in [6.45, 7) is 6.57. The Balaban J connectivity index is 1.30. The quantitative estimate of drug-likeness (QED) is 0.693. The van der Waals surface area contributed by atoms with Crippen LogP contribution in [0.15, 0.2) is 47.4 Å². The van der Waals surface area contributed by atoms with Gasteiger partial charge in [-0.05, 0) is 35.7 Å². The average molecular weight is 447 g/mol. The molecule has 0 aliphatic carbocycles. The van der Waals surface area contributed by atoms with Crippen molar-refractivity contribution in [1.29, 1.82) is 0 Å². The number of carbonyl (C=O) groups is 1. The first-order valence-corrected chi connectivity index (χ1v) is 11.9.